The summed E-state index contributed by atoms with van der Waals surface area (Å²) in [6.07, 6.45) is 7.35. The van der Waals surface area contributed by atoms with Gasteiger partial charge < -0.3 is 15.2 Å². The third-order valence-electron chi connectivity index (χ3n) is 5.52. The SMILES string of the molecule is Cl.Cl.O=C(CCC1CCNCC1)Nc1ccc(-c2nnc3n2CCCC3)cc1. The minimum Gasteiger partial charge on any atom is -0.326 e. The quantitative estimate of drug-likeness (QED) is 0.762. The van der Waals surface area contributed by atoms with E-state index >= 15 is 0 Å². The number of aromatic nitrogens is 3. The lowest BCUT2D eigenvalue weighted by atomic mass is 9.93. The first-order valence-electron chi connectivity index (χ1n) is 9.83. The summed E-state index contributed by atoms with van der Waals surface area (Å²) in [7, 11) is 0. The summed E-state index contributed by atoms with van der Waals surface area (Å²) in [5, 5.41) is 15.1. The molecule has 1 amide bonds. The number of rotatable bonds is 5. The van der Waals surface area contributed by atoms with Crippen LogP contribution in [0.15, 0.2) is 24.3 Å². The van der Waals surface area contributed by atoms with Crippen LogP contribution in [0, 0.1) is 5.92 Å². The van der Waals surface area contributed by atoms with Crippen molar-refractivity contribution in [2.45, 2.75) is 51.5 Å². The molecule has 1 fully saturated rings. The molecule has 3 heterocycles. The van der Waals surface area contributed by atoms with Crippen LogP contribution in [0.5, 0.6) is 0 Å². The molecule has 2 aromatic rings. The Bertz CT molecular complexity index is 756. The Labute approximate surface area is 178 Å². The maximum absolute atomic E-state index is 12.2. The van der Waals surface area contributed by atoms with Crippen LogP contribution >= 0.6 is 24.8 Å². The van der Waals surface area contributed by atoms with Crippen LogP contribution in [0.25, 0.3) is 11.4 Å². The van der Waals surface area contributed by atoms with Gasteiger partial charge in [-0.15, -0.1) is 35.0 Å². The highest BCUT2D eigenvalue weighted by Crippen LogP contribution is 2.24. The Balaban J connectivity index is 0.00000140. The van der Waals surface area contributed by atoms with Crippen LogP contribution in [0.2, 0.25) is 0 Å². The van der Waals surface area contributed by atoms with Crippen molar-refractivity contribution in [2.75, 3.05) is 18.4 Å². The molecule has 8 heteroatoms. The average Bonchev–Trinajstić information content (AvgIpc) is 3.12. The zero-order valence-corrected chi connectivity index (χ0v) is 17.7. The number of carbonyl (C=O) groups is 1. The van der Waals surface area contributed by atoms with E-state index in [9.17, 15) is 4.79 Å². The number of aryl methyl sites for hydroxylation is 1. The van der Waals surface area contributed by atoms with Crippen LogP contribution < -0.4 is 10.6 Å². The number of hydrogen-bond acceptors (Lipinski definition) is 4. The fourth-order valence-electron chi connectivity index (χ4n) is 3.95. The monoisotopic (exact) mass is 425 g/mol. The lowest BCUT2D eigenvalue weighted by Gasteiger charge is -2.22. The van der Waals surface area contributed by atoms with E-state index in [0.29, 0.717) is 12.3 Å². The molecule has 0 bridgehead atoms. The molecule has 0 unspecified atom stereocenters. The predicted molar refractivity (Wildman–Crippen MR) is 116 cm³/mol. The number of nitrogens with zero attached hydrogens (tertiary/aromatic N) is 3. The van der Waals surface area contributed by atoms with E-state index in [1.165, 1.54) is 25.7 Å². The summed E-state index contributed by atoms with van der Waals surface area (Å²) < 4.78 is 2.22. The average molecular weight is 426 g/mol. The molecule has 6 nitrogen and oxygen atoms in total. The van der Waals surface area contributed by atoms with Crippen molar-refractivity contribution in [3.05, 3.63) is 30.1 Å². The number of halogens is 2. The van der Waals surface area contributed by atoms with Crippen molar-refractivity contribution in [2.24, 2.45) is 5.92 Å². The van der Waals surface area contributed by atoms with E-state index in [0.717, 1.165) is 55.4 Å². The fourth-order valence-corrected chi connectivity index (χ4v) is 3.95. The third-order valence-corrected chi connectivity index (χ3v) is 5.52. The van der Waals surface area contributed by atoms with Gasteiger partial charge >= 0.3 is 0 Å². The summed E-state index contributed by atoms with van der Waals surface area (Å²) in [6, 6.07) is 7.97. The number of nitrogens with one attached hydrogen (secondary N) is 2. The molecule has 4 rings (SSSR count). The molecule has 0 atom stereocenters. The lowest BCUT2D eigenvalue weighted by Crippen LogP contribution is -2.28. The first-order valence-corrected chi connectivity index (χ1v) is 9.83. The van der Waals surface area contributed by atoms with Gasteiger partial charge in [0.1, 0.15) is 5.82 Å². The summed E-state index contributed by atoms with van der Waals surface area (Å²) in [5.41, 5.74) is 1.90. The fraction of sp³-hybridized carbons (Fsp3) is 0.550. The summed E-state index contributed by atoms with van der Waals surface area (Å²) in [6.45, 7) is 3.16. The van der Waals surface area contributed by atoms with E-state index in [1.54, 1.807) is 0 Å². The van der Waals surface area contributed by atoms with Crippen LogP contribution in [0.1, 0.15) is 44.3 Å². The van der Waals surface area contributed by atoms with Gasteiger partial charge in [0.05, 0.1) is 0 Å². The highest BCUT2D eigenvalue weighted by Gasteiger charge is 2.17. The Morgan fingerprint density at radius 2 is 1.86 bits per heavy atom. The van der Waals surface area contributed by atoms with E-state index in [2.05, 4.69) is 25.4 Å². The lowest BCUT2D eigenvalue weighted by molar-refractivity contribution is -0.116. The van der Waals surface area contributed by atoms with Gasteiger partial charge in [-0.1, -0.05) is 0 Å². The molecule has 154 valence electrons. The molecule has 1 aromatic carbocycles. The second kappa shape index (κ2) is 10.8. The van der Waals surface area contributed by atoms with E-state index in [-0.39, 0.29) is 30.7 Å². The highest BCUT2D eigenvalue weighted by molar-refractivity contribution is 5.90. The van der Waals surface area contributed by atoms with Crippen LogP contribution in [0.3, 0.4) is 0 Å². The molecule has 2 aliphatic rings. The number of benzene rings is 1. The number of fused-ring (bicyclic) bond motifs is 1. The smallest absolute Gasteiger partial charge is 0.224 e. The molecule has 1 aromatic heterocycles. The summed E-state index contributed by atoms with van der Waals surface area (Å²) in [5.74, 6) is 2.81. The standard InChI is InChI=1S/C20H27N5O.2ClH/c26-19(9-4-15-10-12-21-13-11-15)22-17-7-5-16(6-8-17)20-24-23-18-3-1-2-14-25(18)20;;/h5-8,15,21H,1-4,9-14H2,(H,22,26);2*1H. The predicted octanol–water partition coefficient (Wildman–Crippen LogP) is 3.84. The number of hydrogen-bond donors (Lipinski definition) is 2. The first kappa shape index (κ1) is 22.7. The van der Waals surface area contributed by atoms with Gasteiger partial charge in [-0.25, -0.2) is 0 Å². The molecule has 0 saturated carbocycles. The van der Waals surface area contributed by atoms with Crippen LogP contribution in [-0.4, -0.2) is 33.8 Å². The molecule has 0 radical (unpaired) electrons. The topological polar surface area (TPSA) is 71.8 Å². The normalized spacial score (nSPS) is 16.4. The Morgan fingerprint density at radius 1 is 1.11 bits per heavy atom. The van der Waals surface area contributed by atoms with Crippen molar-refractivity contribution in [1.29, 1.82) is 0 Å². The number of amides is 1. The molecule has 2 aliphatic heterocycles. The second-order valence-electron chi connectivity index (χ2n) is 7.41. The van der Waals surface area contributed by atoms with Crippen molar-refractivity contribution in [3.63, 3.8) is 0 Å². The van der Waals surface area contributed by atoms with Gasteiger partial charge in [0.2, 0.25) is 5.91 Å². The van der Waals surface area contributed by atoms with Gasteiger partial charge in [0, 0.05) is 30.6 Å². The molecule has 2 N–H and O–H groups in total. The van der Waals surface area contributed by atoms with E-state index < -0.39 is 0 Å². The molecular weight excluding hydrogens is 397 g/mol. The van der Waals surface area contributed by atoms with Crippen molar-refractivity contribution >= 4 is 36.4 Å². The van der Waals surface area contributed by atoms with Gasteiger partial charge in [0.25, 0.3) is 0 Å². The van der Waals surface area contributed by atoms with E-state index in [1.807, 2.05) is 24.3 Å². The van der Waals surface area contributed by atoms with Gasteiger partial charge in [-0.05, 0) is 75.4 Å². The molecule has 1 saturated heterocycles. The van der Waals surface area contributed by atoms with Crippen molar-refractivity contribution in [3.8, 4) is 11.4 Å². The second-order valence-corrected chi connectivity index (χ2v) is 7.41. The van der Waals surface area contributed by atoms with Gasteiger partial charge in [-0.3, -0.25) is 4.79 Å². The summed E-state index contributed by atoms with van der Waals surface area (Å²) >= 11 is 0. The molecule has 28 heavy (non-hydrogen) atoms. The van der Waals surface area contributed by atoms with Crippen LogP contribution in [0.4, 0.5) is 5.69 Å². The number of piperidine rings is 1. The maximum atomic E-state index is 12.2. The number of carbonyl (C=O) groups excluding carboxylic acids is 1. The Hall–Kier alpha value is -1.63. The largest absolute Gasteiger partial charge is 0.326 e. The Morgan fingerprint density at radius 3 is 2.61 bits per heavy atom. The summed E-state index contributed by atoms with van der Waals surface area (Å²) in [4.78, 5) is 12.2. The van der Waals surface area contributed by atoms with Gasteiger partial charge in [-0.2, -0.15) is 0 Å². The maximum Gasteiger partial charge on any atom is 0.224 e. The zero-order valence-electron chi connectivity index (χ0n) is 16.0. The van der Waals surface area contributed by atoms with E-state index in [4.69, 9.17) is 0 Å². The van der Waals surface area contributed by atoms with Crippen molar-refractivity contribution < 1.29 is 4.79 Å². The minimum atomic E-state index is 0. The highest BCUT2D eigenvalue weighted by atomic mass is 35.5. The van der Waals surface area contributed by atoms with Crippen molar-refractivity contribution in [1.82, 2.24) is 20.1 Å². The minimum absolute atomic E-state index is 0. The van der Waals surface area contributed by atoms with Gasteiger partial charge in [0.15, 0.2) is 5.82 Å². The Kier molecular flexibility index (Phi) is 8.73. The molecule has 0 aliphatic carbocycles. The number of anilines is 1. The van der Waals surface area contributed by atoms with Crippen LogP contribution in [-0.2, 0) is 17.8 Å². The molecule has 0 spiro atoms. The molecular formula is C20H29Cl2N5O. The third kappa shape index (κ3) is 5.46. The first-order chi connectivity index (χ1) is 12.8. The zero-order chi connectivity index (χ0) is 17.8.